The smallest absolute Gasteiger partial charge is 0.294 e. The van der Waals surface area contributed by atoms with E-state index in [9.17, 15) is 13.2 Å². The predicted octanol–water partition coefficient (Wildman–Crippen LogP) is 3.61. The van der Waals surface area contributed by atoms with Crippen molar-refractivity contribution in [2.24, 2.45) is 4.40 Å². The van der Waals surface area contributed by atoms with Gasteiger partial charge in [0.15, 0.2) is 5.17 Å². The lowest BCUT2D eigenvalue weighted by Gasteiger charge is -2.12. The highest BCUT2D eigenvalue weighted by molar-refractivity contribution is 8.19. The van der Waals surface area contributed by atoms with Crippen LogP contribution in [0.25, 0.3) is 6.08 Å². The van der Waals surface area contributed by atoms with Gasteiger partial charge in [0.25, 0.3) is 15.9 Å². The van der Waals surface area contributed by atoms with E-state index in [2.05, 4.69) is 11.0 Å². The maximum atomic E-state index is 12.9. The fourth-order valence-electron chi connectivity index (χ4n) is 2.50. The molecule has 1 aromatic carbocycles. The van der Waals surface area contributed by atoms with E-state index in [0.29, 0.717) is 22.0 Å². The van der Waals surface area contributed by atoms with Crippen LogP contribution in [0.5, 0.6) is 11.5 Å². The molecule has 0 saturated carbocycles. The average Bonchev–Trinajstić information content (AvgIpc) is 3.34. The first-order valence-corrected chi connectivity index (χ1v) is 11.5. The second kappa shape index (κ2) is 8.85. The molecule has 0 N–H and O–H groups in total. The van der Waals surface area contributed by atoms with E-state index >= 15 is 0 Å². The quantitative estimate of drug-likeness (QED) is 0.473. The molecule has 1 amide bonds. The van der Waals surface area contributed by atoms with E-state index in [1.54, 1.807) is 42.8 Å². The minimum atomic E-state index is -3.90. The molecular formula is C19H18N2O5S3. The molecule has 10 heteroatoms. The van der Waals surface area contributed by atoms with Gasteiger partial charge in [-0.05, 0) is 41.4 Å². The van der Waals surface area contributed by atoms with Crippen molar-refractivity contribution in [3.05, 3.63) is 58.8 Å². The lowest BCUT2D eigenvalue weighted by molar-refractivity contribution is -0.121. The van der Waals surface area contributed by atoms with Gasteiger partial charge >= 0.3 is 0 Å². The summed E-state index contributed by atoms with van der Waals surface area (Å²) in [6.07, 6.45) is 3.16. The number of methoxy groups -OCH3 is 2. The van der Waals surface area contributed by atoms with Crippen molar-refractivity contribution in [1.82, 2.24) is 4.90 Å². The summed E-state index contributed by atoms with van der Waals surface area (Å²) in [5.41, 5.74) is 0.657. The van der Waals surface area contributed by atoms with Crippen LogP contribution in [0, 0.1) is 0 Å². The summed E-state index contributed by atoms with van der Waals surface area (Å²) >= 11 is 2.06. The molecule has 0 aliphatic carbocycles. The summed E-state index contributed by atoms with van der Waals surface area (Å²) in [6, 6.07) is 8.31. The number of benzene rings is 1. The normalized spacial score (nSPS) is 17.2. The third-order valence-corrected chi connectivity index (χ3v) is 7.64. The number of ether oxygens (including phenoxy) is 2. The largest absolute Gasteiger partial charge is 0.497 e. The molecule has 0 atom stereocenters. The van der Waals surface area contributed by atoms with Crippen molar-refractivity contribution in [2.45, 2.75) is 4.21 Å². The number of nitrogens with zero attached hydrogens (tertiary/aromatic N) is 2. The summed E-state index contributed by atoms with van der Waals surface area (Å²) in [7, 11) is -0.837. The third-order valence-electron chi connectivity index (χ3n) is 3.87. The Morgan fingerprint density at radius 1 is 1.24 bits per heavy atom. The van der Waals surface area contributed by atoms with Crippen LogP contribution in [0.15, 0.2) is 61.9 Å². The van der Waals surface area contributed by atoms with Gasteiger partial charge in [0.1, 0.15) is 15.7 Å². The third kappa shape index (κ3) is 4.55. The van der Waals surface area contributed by atoms with Crippen molar-refractivity contribution in [3.8, 4) is 11.5 Å². The number of carbonyl (C=O) groups excluding carboxylic acids is 1. The maximum absolute atomic E-state index is 12.9. The van der Waals surface area contributed by atoms with Crippen molar-refractivity contribution in [3.63, 3.8) is 0 Å². The second-order valence-electron chi connectivity index (χ2n) is 5.70. The van der Waals surface area contributed by atoms with Gasteiger partial charge in [-0.3, -0.25) is 9.69 Å². The zero-order chi connectivity index (χ0) is 21.0. The van der Waals surface area contributed by atoms with E-state index < -0.39 is 10.0 Å². The molecule has 0 bridgehead atoms. The fourth-order valence-corrected chi connectivity index (χ4v) is 5.65. The Morgan fingerprint density at radius 2 is 2.03 bits per heavy atom. The molecule has 1 fully saturated rings. The minimum absolute atomic E-state index is 0.0852. The summed E-state index contributed by atoms with van der Waals surface area (Å²) < 4.78 is 39.6. The van der Waals surface area contributed by atoms with E-state index in [1.165, 1.54) is 24.2 Å². The highest BCUT2D eigenvalue weighted by atomic mass is 32.2. The van der Waals surface area contributed by atoms with Crippen LogP contribution in [0.2, 0.25) is 0 Å². The summed E-state index contributed by atoms with van der Waals surface area (Å²) in [6.45, 7) is 3.78. The van der Waals surface area contributed by atoms with Crippen molar-refractivity contribution >= 4 is 50.3 Å². The van der Waals surface area contributed by atoms with Gasteiger partial charge in [0.05, 0.1) is 19.1 Å². The molecule has 2 aromatic rings. The molecule has 152 valence electrons. The lowest BCUT2D eigenvalue weighted by atomic mass is 10.1. The number of thioether (sulfide) groups is 1. The number of sulfonamides is 1. The summed E-state index contributed by atoms with van der Waals surface area (Å²) in [5.74, 6) is 0.789. The van der Waals surface area contributed by atoms with Crippen molar-refractivity contribution < 1.29 is 22.7 Å². The number of hydrogen-bond donors (Lipinski definition) is 0. The molecule has 1 aliphatic rings. The van der Waals surface area contributed by atoms with Gasteiger partial charge in [-0.15, -0.1) is 22.3 Å². The van der Waals surface area contributed by atoms with Gasteiger partial charge in [-0.25, -0.2) is 0 Å². The Morgan fingerprint density at radius 3 is 2.66 bits per heavy atom. The fraction of sp³-hybridized carbons (Fsp3) is 0.158. The van der Waals surface area contributed by atoms with Crippen LogP contribution in [0.3, 0.4) is 0 Å². The van der Waals surface area contributed by atoms with E-state index in [1.807, 2.05) is 0 Å². The van der Waals surface area contributed by atoms with E-state index in [0.717, 1.165) is 23.1 Å². The van der Waals surface area contributed by atoms with Crippen LogP contribution in [-0.4, -0.2) is 45.2 Å². The molecule has 0 spiro atoms. The van der Waals surface area contributed by atoms with E-state index in [-0.39, 0.29) is 21.8 Å². The van der Waals surface area contributed by atoms with Gasteiger partial charge < -0.3 is 9.47 Å². The number of amides is 1. The molecular weight excluding hydrogens is 432 g/mol. The molecule has 0 radical (unpaired) electrons. The first-order valence-electron chi connectivity index (χ1n) is 8.32. The van der Waals surface area contributed by atoms with Crippen LogP contribution in [-0.2, 0) is 14.8 Å². The Balaban J connectivity index is 2.01. The highest BCUT2D eigenvalue weighted by Gasteiger charge is 2.34. The zero-order valence-corrected chi connectivity index (χ0v) is 18.1. The van der Waals surface area contributed by atoms with Crippen LogP contribution in [0.4, 0.5) is 0 Å². The Kier molecular flexibility index (Phi) is 6.46. The van der Waals surface area contributed by atoms with Crippen LogP contribution >= 0.6 is 23.1 Å². The number of amidine groups is 1. The number of carbonyl (C=O) groups is 1. The highest BCUT2D eigenvalue weighted by Crippen LogP contribution is 2.36. The number of hydrogen-bond acceptors (Lipinski definition) is 7. The maximum Gasteiger partial charge on any atom is 0.294 e. The van der Waals surface area contributed by atoms with Crippen molar-refractivity contribution in [2.75, 3.05) is 20.8 Å². The first kappa shape index (κ1) is 21.2. The topological polar surface area (TPSA) is 85.3 Å². The first-order chi connectivity index (χ1) is 13.9. The molecule has 0 unspecified atom stereocenters. The molecule has 3 rings (SSSR count). The van der Waals surface area contributed by atoms with Crippen molar-refractivity contribution in [1.29, 1.82) is 0 Å². The van der Waals surface area contributed by atoms with Gasteiger partial charge in [0.2, 0.25) is 0 Å². The van der Waals surface area contributed by atoms with Gasteiger partial charge in [0, 0.05) is 18.2 Å². The van der Waals surface area contributed by atoms with Crippen LogP contribution in [0.1, 0.15) is 5.56 Å². The summed E-state index contributed by atoms with van der Waals surface area (Å²) in [4.78, 5) is 14.5. The molecule has 1 saturated heterocycles. The number of rotatable bonds is 7. The molecule has 2 heterocycles. The van der Waals surface area contributed by atoms with Gasteiger partial charge in [-0.2, -0.15) is 8.42 Å². The van der Waals surface area contributed by atoms with E-state index in [4.69, 9.17) is 9.47 Å². The second-order valence-corrected chi connectivity index (χ2v) is 9.49. The lowest BCUT2D eigenvalue weighted by Crippen LogP contribution is -2.29. The Bertz CT molecular complexity index is 1090. The minimum Gasteiger partial charge on any atom is -0.497 e. The standard InChI is InChI=1S/C19H18N2O5S3/c1-4-9-21-18(22)16(11-13-7-8-14(25-2)12-15(13)26-3)28-19(21)20-29(23,24)17-6-5-10-27-17/h4-8,10-12H,1,9H2,2-3H3/b16-11-,20-19?. The molecule has 1 aliphatic heterocycles. The molecule has 1 aromatic heterocycles. The zero-order valence-electron chi connectivity index (χ0n) is 15.7. The average molecular weight is 451 g/mol. The Hall–Kier alpha value is -2.56. The monoisotopic (exact) mass is 450 g/mol. The van der Waals surface area contributed by atoms with Crippen LogP contribution < -0.4 is 9.47 Å². The molecule has 29 heavy (non-hydrogen) atoms. The molecule has 7 nitrogen and oxygen atoms in total. The summed E-state index contributed by atoms with van der Waals surface area (Å²) in [5, 5.41) is 1.74. The number of thiophene rings is 1. The van der Waals surface area contributed by atoms with Gasteiger partial charge in [-0.1, -0.05) is 12.1 Å². The Labute approximate surface area is 177 Å². The predicted molar refractivity (Wildman–Crippen MR) is 116 cm³/mol. The SMILES string of the molecule is C=CCN1C(=O)/C(=C/c2ccc(OC)cc2OC)SC1=NS(=O)(=O)c1cccs1.